The lowest BCUT2D eigenvalue weighted by atomic mass is 9.45. The van der Waals surface area contributed by atoms with Gasteiger partial charge in [-0.05, 0) is 29.8 Å². The molecule has 0 N–H and O–H groups in total. The van der Waals surface area contributed by atoms with Gasteiger partial charge in [-0.2, -0.15) is 0 Å². The molecule has 0 spiro atoms. The lowest BCUT2D eigenvalue weighted by molar-refractivity contribution is -0.140. The largest absolute Gasteiger partial charge is 0.495 e. The van der Waals surface area contributed by atoms with Crippen LogP contribution in [0, 0.1) is 29.6 Å². The zero-order valence-corrected chi connectivity index (χ0v) is 21.9. The molecule has 3 aromatic carbocycles. The minimum absolute atomic E-state index is 0.357. The zero-order valence-electron chi connectivity index (χ0n) is 21.9. The number of imide groups is 2. The molecule has 40 heavy (non-hydrogen) atoms. The number of hydrogen-bond acceptors (Lipinski definition) is 6. The second kappa shape index (κ2) is 8.64. The van der Waals surface area contributed by atoms with E-state index in [1.165, 1.54) is 24.0 Å². The Morgan fingerprint density at radius 2 is 1.05 bits per heavy atom. The van der Waals surface area contributed by atoms with E-state index in [9.17, 15) is 19.2 Å². The number of allylic oxidation sites excluding steroid dienone is 2. The van der Waals surface area contributed by atoms with E-state index in [-0.39, 0.29) is 11.8 Å². The van der Waals surface area contributed by atoms with Gasteiger partial charge in [0.2, 0.25) is 23.6 Å². The molecule has 3 fully saturated rings. The fourth-order valence-corrected chi connectivity index (χ4v) is 7.58. The predicted molar refractivity (Wildman–Crippen MR) is 146 cm³/mol. The van der Waals surface area contributed by atoms with E-state index in [0.29, 0.717) is 22.9 Å². The summed E-state index contributed by atoms with van der Waals surface area (Å²) in [6.45, 7) is 0. The van der Waals surface area contributed by atoms with Gasteiger partial charge in [-0.3, -0.25) is 19.2 Å². The molecule has 3 unspecified atom stereocenters. The second-order valence-electron chi connectivity index (χ2n) is 10.6. The summed E-state index contributed by atoms with van der Waals surface area (Å²) in [4.78, 5) is 59.6. The lowest BCUT2D eigenvalue weighted by Crippen LogP contribution is -2.60. The number of hydrogen-bond donors (Lipinski definition) is 0. The first-order chi connectivity index (χ1) is 19.5. The van der Waals surface area contributed by atoms with E-state index < -0.39 is 46.8 Å². The van der Waals surface area contributed by atoms with Crippen LogP contribution in [0.2, 0.25) is 0 Å². The van der Waals surface area contributed by atoms with Gasteiger partial charge in [0.15, 0.2) is 0 Å². The van der Waals surface area contributed by atoms with Gasteiger partial charge in [-0.15, -0.1) is 0 Å². The van der Waals surface area contributed by atoms with E-state index in [4.69, 9.17) is 9.47 Å². The smallest absolute Gasteiger partial charge is 0.239 e. The van der Waals surface area contributed by atoms with E-state index >= 15 is 0 Å². The molecule has 200 valence electrons. The highest BCUT2D eigenvalue weighted by Gasteiger charge is 2.75. The van der Waals surface area contributed by atoms with E-state index in [0.717, 1.165) is 5.56 Å². The highest BCUT2D eigenvalue weighted by Crippen LogP contribution is 2.65. The number of rotatable bonds is 5. The van der Waals surface area contributed by atoms with Crippen LogP contribution < -0.4 is 19.3 Å². The monoisotopic (exact) mass is 534 g/mol. The number of benzene rings is 3. The summed E-state index contributed by atoms with van der Waals surface area (Å²) in [5.41, 5.74) is 0.240. The highest BCUT2D eigenvalue weighted by molar-refractivity contribution is 6.27. The average molecular weight is 535 g/mol. The van der Waals surface area contributed by atoms with Crippen molar-refractivity contribution in [1.82, 2.24) is 0 Å². The standard InChI is InChI=1S/C32H26N2O6/c1-39-22-14-8-6-12-20(22)33-28(35)24-19-16-17-32(26(24)30(33)37,18-10-4-3-5-11-18)27-25(19)29(36)34(31(27)38)21-13-7-9-15-23(21)40-2/h3-17,19,24-27H,1-2H3/t19?,24-,25-,26+,27?,32?/m0/s1. The molecule has 4 amide bonds. The van der Waals surface area contributed by atoms with Crippen molar-refractivity contribution in [2.45, 2.75) is 5.41 Å². The number of carbonyl (C=O) groups excluding carboxylic acids is 4. The van der Waals surface area contributed by atoms with Crippen LogP contribution in [0.4, 0.5) is 11.4 Å². The minimum Gasteiger partial charge on any atom is -0.495 e. The molecule has 0 aromatic heterocycles. The molecule has 2 bridgehead atoms. The molecule has 8 rings (SSSR count). The van der Waals surface area contributed by atoms with Gasteiger partial charge >= 0.3 is 0 Å². The topological polar surface area (TPSA) is 93.2 Å². The SMILES string of the molecule is COc1ccccc1N1C(=O)C2[C@@H](C1=O)C1C=CC2(c2ccccc2)[C@H]2C(=O)N(c3ccccc3OC)C(=O)[C@@H]12. The molecule has 2 saturated heterocycles. The Labute approximate surface area is 230 Å². The first kappa shape index (κ1) is 24.3. The first-order valence-electron chi connectivity index (χ1n) is 13.2. The summed E-state index contributed by atoms with van der Waals surface area (Å²) in [7, 11) is 2.98. The Balaban J connectivity index is 1.44. The van der Waals surface area contributed by atoms with Crippen LogP contribution in [-0.2, 0) is 24.6 Å². The third-order valence-electron chi connectivity index (χ3n) is 9.08. The van der Waals surface area contributed by atoms with Gasteiger partial charge in [0, 0.05) is 11.3 Å². The van der Waals surface area contributed by atoms with Gasteiger partial charge in [0.05, 0.1) is 49.3 Å². The molecule has 3 aromatic rings. The number of anilines is 2. The Kier molecular flexibility index (Phi) is 5.26. The molecule has 3 aliphatic carbocycles. The van der Waals surface area contributed by atoms with Crippen molar-refractivity contribution in [3.8, 4) is 11.5 Å². The molecule has 2 heterocycles. The Morgan fingerprint density at radius 3 is 1.52 bits per heavy atom. The van der Waals surface area contributed by atoms with Crippen molar-refractivity contribution in [2.24, 2.45) is 29.6 Å². The van der Waals surface area contributed by atoms with Crippen LogP contribution in [0.25, 0.3) is 0 Å². The zero-order chi connectivity index (χ0) is 27.8. The van der Waals surface area contributed by atoms with Crippen LogP contribution in [0.1, 0.15) is 5.56 Å². The predicted octanol–water partition coefficient (Wildman–Crippen LogP) is 3.75. The maximum Gasteiger partial charge on any atom is 0.239 e. The van der Waals surface area contributed by atoms with Crippen LogP contribution >= 0.6 is 0 Å². The molecule has 6 atom stereocenters. The van der Waals surface area contributed by atoms with Gasteiger partial charge in [0.25, 0.3) is 0 Å². The van der Waals surface area contributed by atoms with E-state index in [1.807, 2.05) is 42.5 Å². The summed E-state index contributed by atoms with van der Waals surface area (Å²) in [6.07, 6.45) is 3.78. The molecule has 1 saturated carbocycles. The molecule has 8 nitrogen and oxygen atoms in total. The normalized spacial score (nSPS) is 30.1. The number of methoxy groups -OCH3 is 2. The molecular formula is C32H26N2O6. The third kappa shape index (κ3) is 2.90. The molecule has 2 aliphatic heterocycles. The van der Waals surface area contributed by atoms with Gasteiger partial charge < -0.3 is 9.47 Å². The Bertz CT molecular complexity index is 1520. The number of para-hydroxylation sites is 4. The summed E-state index contributed by atoms with van der Waals surface area (Å²) in [5.74, 6) is -4.73. The molecule has 5 aliphatic rings. The van der Waals surface area contributed by atoms with Crippen molar-refractivity contribution in [3.05, 3.63) is 96.6 Å². The van der Waals surface area contributed by atoms with Gasteiger partial charge in [-0.25, -0.2) is 9.80 Å². The third-order valence-corrected chi connectivity index (χ3v) is 9.08. The Hall–Kier alpha value is -4.72. The number of amides is 4. The fourth-order valence-electron chi connectivity index (χ4n) is 7.58. The van der Waals surface area contributed by atoms with Crippen molar-refractivity contribution in [1.29, 1.82) is 0 Å². The van der Waals surface area contributed by atoms with Gasteiger partial charge in [-0.1, -0.05) is 66.7 Å². The van der Waals surface area contributed by atoms with Crippen LogP contribution in [0.15, 0.2) is 91.0 Å². The second-order valence-corrected chi connectivity index (χ2v) is 10.6. The average Bonchev–Trinajstić information content (AvgIpc) is 3.44. The number of ether oxygens (including phenoxy) is 2. The first-order valence-corrected chi connectivity index (χ1v) is 13.2. The number of nitrogens with zero attached hydrogens (tertiary/aromatic N) is 2. The van der Waals surface area contributed by atoms with E-state index in [2.05, 4.69) is 0 Å². The lowest BCUT2D eigenvalue weighted by Gasteiger charge is -2.53. The summed E-state index contributed by atoms with van der Waals surface area (Å²) < 4.78 is 11.0. The molecule has 8 heteroatoms. The fraction of sp³-hybridized carbons (Fsp3) is 0.250. The molecular weight excluding hydrogens is 508 g/mol. The summed E-state index contributed by atoms with van der Waals surface area (Å²) in [5, 5.41) is 0. The van der Waals surface area contributed by atoms with Crippen LogP contribution in [-0.4, -0.2) is 37.8 Å². The van der Waals surface area contributed by atoms with Crippen LogP contribution in [0.3, 0.4) is 0 Å². The van der Waals surface area contributed by atoms with Crippen molar-refractivity contribution >= 4 is 35.0 Å². The maximum absolute atomic E-state index is 14.4. The highest BCUT2D eigenvalue weighted by atomic mass is 16.5. The van der Waals surface area contributed by atoms with E-state index in [1.54, 1.807) is 48.5 Å². The van der Waals surface area contributed by atoms with Crippen molar-refractivity contribution in [3.63, 3.8) is 0 Å². The minimum atomic E-state index is -1.20. The van der Waals surface area contributed by atoms with Crippen LogP contribution in [0.5, 0.6) is 11.5 Å². The van der Waals surface area contributed by atoms with Crippen molar-refractivity contribution < 1.29 is 28.7 Å². The molecule has 0 radical (unpaired) electrons. The number of carbonyl (C=O) groups is 4. The summed E-state index contributed by atoms with van der Waals surface area (Å²) in [6, 6.07) is 23.1. The summed E-state index contributed by atoms with van der Waals surface area (Å²) >= 11 is 0. The maximum atomic E-state index is 14.4. The van der Waals surface area contributed by atoms with Crippen molar-refractivity contribution in [2.75, 3.05) is 24.0 Å². The quantitative estimate of drug-likeness (QED) is 0.366. The van der Waals surface area contributed by atoms with Gasteiger partial charge in [0.1, 0.15) is 11.5 Å². The Morgan fingerprint density at radius 1 is 0.600 bits per heavy atom.